The highest BCUT2D eigenvalue weighted by atomic mass is 16.5. The second kappa shape index (κ2) is 6.90. The van der Waals surface area contributed by atoms with Crippen molar-refractivity contribution in [1.82, 2.24) is 10.2 Å². The van der Waals surface area contributed by atoms with Crippen LogP contribution < -0.4 is 5.32 Å². The molecular weight excluding hydrogens is 264 g/mol. The first-order valence-electron chi connectivity index (χ1n) is 6.71. The number of amides is 2. The number of carboxylic acid groups (broad SMARTS) is 1. The number of nitrogens with zero attached hydrogens (tertiary/aromatic N) is 1. The van der Waals surface area contributed by atoms with Gasteiger partial charge in [-0.2, -0.15) is 0 Å². The summed E-state index contributed by atoms with van der Waals surface area (Å²) in [5.41, 5.74) is -0.136. The molecule has 0 saturated carbocycles. The van der Waals surface area contributed by atoms with Gasteiger partial charge in [0.1, 0.15) is 6.04 Å². The van der Waals surface area contributed by atoms with Crippen LogP contribution in [0.5, 0.6) is 0 Å². The van der Waals surface area contributed by atoms with Gasteiger partial charge in [0, 0.05) is 33.2 Å². The number of rotatable bonds is 6. The maximum Gasteiger partial charge on any atom is 0.326 e. The van der Waals surface area contributed by atoms with Gasteiger partial charge in [0.2, 0.25) is 0 Å². The Bertz CT molecular complexity index is 359. The molecule has 1 rings (SSSR count). The molecule has 0 aromatic heterocycles. The molecular formula is C13H24N2O5. The highest BCUT2D eigenvalue weighted by Crippen LogP contribution is 2.21. The van der Waals surface area contributed by atoms with Gasteiger partial charge in [-0.1, -0.05) is 13.8 Å². The summed E-state index contributed by atoms with van der Waals surface area (Å²) in [6.07, 6.45) is 0.0910. The van der Waals surface area contributed by atoms with Crippen LogP contribution in [0.1, 0.15) is 26.7 Å². The topological polar surface area (TPSA) is 99.1 Å². The highest BCUT2D eigenvalue weighted by molar-refractivity contribution is 5.83. The lowest BCUT2D eigenvalue weighted by Gasteiger charge is -2.27. The van der Waals surface area contributed by atoms with E-state index in [-0.39, 0.29) is 18.4 Å². The molecule has 0 spiro atoms. The third kappa shape index (κ3) is 4.64. The highest BCUT2D eigenvalue weighted by Gasteiger charge is 2.39. The Morgan fingerprint density at radius 3 is 2.65 bits per heavy atom. The summed E-state index contributed by atoms with van der Waals surface area (Å²) in [6.45, 7) is 5.08. The number of urea groups is 1. The van der Waals surface area contributed by atoms with E-state index in [4.69, 9.17) is 9.84 Å². The number of likely N-dealkylation sites (tertiary alicyclic amines) is 1. The van der Waals surface area contributed by atoms with E-state index in [1.807, 2.05) is 13.8 Å². The zero-order chi connectivity index (χ0) is 15.3. The van der Waals surface area contributed by atoms with Gasteiger partial charge in [0.25, 0.3) is 0 Å². The number of nitrogens with one attached hydrogen (secondary N) is 1. The van der Waals surface area contributed by atoms with Crippen LogP contribution in [0.15, 0.2) is 0 Å². The van der Waals surface area contributed by atoms with Crippen molar-refractivity contribution < 1.29 is 24.5 Å². The quantitative estimate of drug-likeness (QED) is 0.652. The summed E-state index contributed by atoms with van der Waals surface area (Å²) >= 11 is 0. The normalized spacial score (nSPS) is 22.9. The molecule has 7 nitrogen and oxygen atoms in total. The van der Waals surface area contributed by atoms with Crippen molar-refractivity contribution in [2.75, 3.05) is 26.8 Å². The second-order valence-corrected chi connectivity index (χ2v) is 5.96. The van der Waals surface area contributed by atoms with Crippen molar-refractivity contribution in [2.45, 2.75) is 38.8 Å². The fraction of sp³-hybridized carbons (Fsp3) is 0.846. The average Bonchev–Trinajstić information content (AvgIpc) is 2.76. The number of carbonyl (C=O) groups excluding carboxylic acids is 1. The molecule has 3 N–H and O–H groups in total. The van der Waals surface area contributed by atoms with Crippen molar-refractivity contribution >= 4 is 12.0 Å². The van der Waals surface area contributed by atoms with Crippen LogP contribution in [0.2, 0.25) is 0 Å². The molecule has 1 saturated heterocycles. The lowest BCUT2D eigenvalue weighted by molar-refractivity contribution is -0.141. The number of β-amino-alcohol motifs (C(OH)–C–C–N with tert-alkyl or cyclic N) is 1. The van der Waals surface area contributed by atoms with E-state index in [1.54, 1.807) is 7.11 Å². The van der Waals surface area contributed by atoms with Gasteiger partial charge in [0.05, 0.1) is 6.10 Å². The zero-order valence-electron chi connectivity index (χ0n) is 12.3. The van der Waals surface area contributed by atoms with Crippen LogP contribution in [0.3, 0.4) is 0 Å². The maximum atomic E-state index is 12.0. The largest absolute Gasteiger partial charge is 0.480 e. The van der Waals surface area contributed by atoms with Crippen molar-refractivity contribution in [3.05, 3.63) is 0 Å². The van der Waals surface area contributed by atoms with Crippen molar-refractivity contribution in [3.63, 3.8) is 0 Å². The Hall–Kier alpha value is -1.34. The van der Waals surface area contributed by atoms with Crippen LogP contribution in [0, 0.1) is 5.41 Å². The van der Waals surface area contributed by atoms with E-state index in [0.717, 1.165) is 6.42 Å². The zero-order valence-corrected chi connectivity index (χ0v) is 12.3. The fourth-order valence-corrected chi connectivity index (χ4v) is 2.16. The molecule has 1 fully saturated rings. The number of ether oxygens (including phenoxy) is 1. The number of methoxy groups -OCH3 is 1. The summed E-state index contributed by atoms with van der Waals surface area (Å²) in [5.74, 6) is -1.09. The summed E-state index contributed by atoms with van der Waals surface area (Å²) in [4.78, 5) is 24.3. The number of carboxylic acids is 1. The predicted molar refractivity (Wildman–Crippen MR) is 72.4 cm³/mol. The molecule has 0 aromatic carbocycles. The van der Waals surface area contributed by atoms with Gasteiger partial charge >= 0.3 is 12.0 Å². The van der Waals surface area contributed by atoms with Gasteiger partial charge in [-0.15, -0.1) is 0 Å². The molecule has 2 amide bonds. The molecule has 1 aliphatic rings. The molecule has 116 valence electrons. The van der Waals surface area contributed by atoms with Crippen LogP contribution in [0.25, 0.3) is 0 Å². The van der Waals surface area contributed by atoms with Gasteiger partial charge < -0.3 is 25.2 Å². The first kappa shape index (κ1) is 16.7. The minimum absolute atomic E-state index is 0.0568. The number of aliphatic carboxylic acids is 1. The SMILES string of the molecule is COCCC(C)(C)CNC(=O)N1C[C@H](O)C[C@@H]1C(=O)O. The summed E-state index contributed by atoms with van der Waals surface area (Å²) < 4.78 is 5.01. The molecule has 1 aliphatic heterocycles. The summed E-state index contributed by atoms with van der Waals surface area (Å²) in [6, 6.07) is -1.40. The van der Waals surface area contributed by atoms with Crippen molar-refractivity contribution in [1.29, 1.82) is 0 Å². The summed E-state index contributed by atoms with van der Waals surface area (Å²) in [5, 5.41) is 21.3. The first-order valence-corrected chi connectivity index (χ1v) is 6.71. The van der Waals surface area contributed by atoms with E-state index in [0.29, 0.717) is 13.2 Å². The van der Waals surface area contributed by atoms with Crippen LogP contribution in [-0.2, 0) is 9.53 Å². The number of carbonyl (C=O) groups is 2. The smallest absolute Gasteiger partial charge is 0.326 e. The Kier molecular flexibility index (Phi) is 5.76. The van der Waals surface area contributed by atoms with Gasteiger partial charge in [0.15, 0.2) is 0 Å². The minimum atomic E-state index is -1.09. The molecule has 2 atom stereocenters. The standard InChI is InChI=1S/C13H24N2O5/c1-13(2,4-5-20-3)8-14-12(19)15-7-9(16)6-10(15)11(17)18/h9-10,16H,4-8H2,1-3H3,(H,14,19)(H,17,18)/t9-,10-/m1/s1. The number of hydrogen-bond acceptors (Lipinski definition) is 4. The molecule has 0 aromatic rings. The Morgan fingerprint density at radius 1 is 1.45 bits per heavy atom. The molecule has 20 heavy (non-hydrogen) atoms. The molecule has 0 unspecified atom stereocenters. The first-order chi connectivity index (χ1) is 9.26. The van der Waals surface area contributed by atoms with Crippen LogP contribution in [0.4, 0.5) is 4.79 Å². The van der Waals surface area contributed by atoms with Crippen molar-refractivity contribution in [2.24, 2.45) is 5.41 Å². The minimum Gasteiger partial charge on any atom is -0.480 e. The fourth-order valence-electron chi connectivity index (χ4n) is 2.16. The Morgan fingerprint density at radius 2 is 2.10 bits per heavy atom. The lowest BCUT2D eigenvalue weighted by Crippen LogP contribution is -2.48. The monoisotopic (exact) mass is 288 g/mol. The third-order valence-electron chi connectivity index (χ3n) is 3.53. The summed E-state index contributed by atoms with van der Waals surface area (Å²) in [7, 11) is 1.62. The number of hydrogen-bond donors (Lipinski definition) is 3. The number of aliphatic hydroxyl groups is 1. The van der Waals surface area contributed by atoms with E-state index < -0.39 is 24.1 Å². The van der Waals surface area contributed by atoms with Gasteiger partial charge in [-0.05, 0) is 11.8 Å². The maximum absolute atomic E-state index is 12.0. The molecule has 1 heterocycles. The molecule has 0 bridgehead atoms. The molecule has 0 radical (unpaired) electrons. The van der Waals surface area contributed by atoms with E-state index in [9.17, 15) is 14.7 Å². The Labute approximate surface area is 118 Å². The van der Waals surface area contributed by atoms with Gasteiger partial charge in [-0.25, -0.2) is 9.59 Å². The lowest BCUT2D eigenvalue weighted by atomic mass is 9.90. The molecule has 7 heteroatoms. The van der Waals surface area contributed by atoms with E-state index in [1.165, 1.54) is 4.90 Å². The van der Waals surface area contributed by atoms with E-state index in [2.05, 4.69) is 5.32 Å². The number of aliphatic hydroxyl groups excluding tert-OH is 1. The van der Waals surface area contributed by atoms with Crippen molar-refractivity contribution in [3.8, 4) is 0 Å². The second-order valence-electron chi connectivity index (χ2n) is 5.96. The van der Waals surface area contributed by atoms with E-state index >= 15 is 0 Å². The third-order valence-corrected chi connectivity index (χ3v) is 3.53. The van der Waals surface area contributed by atoms with Crippen LogP contribution in [-0.4, -0.2) is 66.1 Å². The molecule has 0 aliphatic carbocycles. The Balaban J connectivity index is 2.51. The van der Waals surface area contributed by atoms with Gasteiger partial charge in [-0.3, -0.25) is 0 Å². The predicted octanol–water partition coefficient (Wildman–Crippen LogP) is 0.279. The van der Waals surface area contributed by atoms with Crippen LogP contribution >= 0.6 is 0 Å². The average molecular weight is 288 g/mol.